The third-order valence-electron chi connectivity index (χ3n) is 3.95. The normalized spacial score (nSPS) is 18.0. The predicted octanol–water partition coefficient (Wildman–Crippen LogP) is 2.66. The van der Waals surface area contributed by atoms with Gasteiger partial charge < -0.3 is 10.2 Å². The van der Waals surface area contributed by atoms with Crippen LogP contribution in [0, 0.1) is 6.92 Å². The molecule has 0 radical (unpaired) electrons. The average molecular weight is 262 g/mol. The average Bonchev–Trinajstić information content (AvgIpc) is 2.71. The summed E-state index contributed by atoms with van der Waals surface area (Å²) in [5.74, 6) is 0.888. The van der Waals surface area contributed by atoms with Crippen molar-refractivity contribution in [1.29, 1.82) is 0 Å². The summed E-state index contributed by atoms with van der Waals surface area (Å²) in [7, 11) is 0. The topological polar surface area (TPSA) is 41.1 Å². The molecule has 1 aromatic heterocycles. The molecule has 19 heavy (non-hydrogen) atoms. The van der Waals surface area contributed by atoms with Crippen LogP contribution in [-0.4, -0.2) is 28.6 Å². The molecule has 1 saturated heterocycles. The van der Waals surface area contributed by atoms with Crippen LogP contribution in [0.15, 0.2) is 6.20 Å². The van der Waals surface area contributed by atoms with Crippen LogP contribution in [0.2, 0.25) is 0 Å². The Hall–Kier alpha value is -1.16. The zero-order valence-corrected chi connectivity index (χ0v) is 12.7. The van der Waals surface area contributed by atoms with Gasteiger partial charge in [-0.15, -0.1) is 0 Å². The van der Waals surface area contributed by atoms with Gasteiger partial charge in [0, 0.05) is 36.1 Å². The highest BCUT2D eigenvalue weighted by Gasteiger charge is 2.33. The lowest BCUT2D eigenvalue weighted by Crippen LogP contribution is -2.39. The fourth-order valence-corrected chi connectivity index (χ4v) is 2.66. The van der Waals surface area contributed by atoms with Crippen molar-refractivity contribution in [2.45, 2.75) is 59.0 Å². The van der Waals surface area contributed by atoms with Crippen molar-refractivity contribution in [2.75, 3.05) is 18.0 Å². The Morgan fingerprint density at radius 1 is 1.42 bits per heavy atom. The fourth-order valence-electron chi connectivity index (χ4n) is 2.66. The first kappa shape index (κ1) is 14.3. The van der Waals surface area contributed by atoms with Gasteiger partial charge in [0.1, 0.15) is 0 Å². The second kappa shape index (κ2) is 5.87. The first-order valence-corrected chi connectivity index (χ1v) is 7.35. The van der Waals surface area contributed by atoms with E-state index < -0.39 is 0 Å². The molecule has 1 aromatic rings. The molecule has 4 nitrogen and oxygen atoms in total. The molecule has 1 aliphatic heterocycles. The van der Waals surface area contributed by atoms with Gasteiger partial charge in [-0.3, -0.25) is 0 Å². The molecule has 0 aromatic carbocycles. The SMILES string of the molecule is CCCNCc1cnc(N2CCCC2(C)C)nc1C. The highest BCUT2D eigenvalue weighted by atomic mass is 15.3. The van der Waals surface area contributed by atoms with E-state index in [1.807, 2.05) is 6.20 Å². The number of hydrogen-bond acceptors (Lipinski definition) is 4. The fraction of sp³-hybridized carbons (Fsp3) is 0.733. The molecule has 4 heteroatoms. The van der Waals surface area contributed by atoms with Gasteiger partial charge >= 0.3 is 0 Å². The lowest BCUT2D eigenvalue weighted by atomic mass is 10.0. The number of hydrogen-bond donors (Lipinski definition) is 1. The minimum atomic E-state index is 0.189. The van der Waals surface area contributed by atoms with Crippen LogP contribution >= 0.6 is 0 Å². The minimum Gasteiger partial charge on any atom is -0.336 e. The Morgan fingerprint density at radius 3 is 2.79 bits per heavy atom. The van der Waals surface area contributed by atoms with Gasteiger partial charge in [-0.25, -0.2) is 9.97 Å². The van der Waals surface area contributed by atoms with Crippen molar-refractivity contribution in [3.8, 4) is 0 Å². The van der Waals surface area contributed by atoms with Gasteiger partial charge in [0.2, 0.25) is 5.95 Å². The molecule has 0 unspecified atom stereocenters. The number of nitrogens with one attached hydrogen (secondary N) is 1. The molecule has 2 heterocycles. The highest BCUT2D eigenvalue weighted by molar-refractivity contribution is 5.38. The van der Waals surface area contributed by atoms with Gasteiger partial charge in [-0.1, -0.05) is 6.92 Å². The molecule has 0 saturated carbocycles. The van der Waals surface area contributed by atoms with Crippen LogP contribution in [0.5, 0.6) is 0 Å². The van der Waals surface area contributed by atoms with Crippen molar-refractivity contribution >= 4 is 5.95 Å². The summed E-state index contributed by atoms with van der Waals surface area (Å²) < 4.78 is 0. The molecule has 0 amide bonds. The Bertz CT molecular complexity index is 428. The van der Waals surface area contributed by atoms with Crippen molar-refractivity contribution in [3.05, 3.63) is 17.5 Å². The summed E-state index contributed by atoms with van der Waals surface area (Å²) in [6.45, 7) is 11.8. The van der Waals surface area contributed by atoms with Crippen LogP contribution in [0.3, 0.4) is 0 Å². The van der Waals surface area contributed by atoms with E-state index in [1.54, 1.807) is 0 Å². The standard InChI is InChI=1S/C15H26N4/c1-5-8-16-10-13-11-17-14(18-12(13)2)19-9-6-7-15(19,3)4/h11,16H,5-10H2,1-4H3. The van der Waals surface area contributed by atoms with E-state index in [9.17, 15) is 0 Å². The Balaban J connectivity index is 2.10. The van der Waals surface area contributed by atoms with Gasteiger partial charge in [-0.05, 0) is 46.6 Å². The third-order valence-corrected chi connectivity index (χ3v) is 3.95. The number of aromatic nitrogens is 2. The van der Waals surface area contributed by atoms with E-state index >= 15 is 0 Å². The maximum atomic E-state index is 4.70. The zero-order valence-electron chi connectivity index (χ0n) is 12.7. The zero-order chi connectivity index (χ0) is 13.9. The highest BCUT2D eigenvalue weighted by Crippen LogP contribution is 2.31. The number of anilines is 1. The summed E-state index contributed by atoms with van der Waals surface area (Å²) in [6, 6.07) is 0. The largest absolute Gasteiger partial charge is 0.336 e. The van der Waals surface area contributed by atoms with E-state index in [4.69, 9.17) is 4.98 Å². The molecule has 1 N–H and O–H groups in total. The van der Waals surface area contributed by atoms with Crippen molar-refractivity contribution in [3.63, 3.8) is 0 Å². The van der Waals surface area contributed by atoms with Crippen LogP contribution in [0.4, 0.5) is 5.95 Å². The second-order valence-corrected chi connectivity index (χ2v) is 6.03. The number of aryl methyl sites for hydroxylation is 1. The summed E-state index contributed by atoms with van der Waals surface area (Å²) in [6.07, 6.45) is 5.58. The molecule has 2 rings (SSSR count). The monoisotopic (exact) mass is 262 g/mol. The molecule has 0 aliphatic carbocycles. The van der Waals surface area contributed by atoms with Gasteiger partial charge in [-0.2, -0.15) is 0 Å². The second-order valence-electron chi connectivity index (χ2n) is 6.03. The lowest BCUT2D eigenvalue weighted by molar-refractivity contribution is 0.509. The van der Waals surface area contributed by atoms with Crippen LogP contribution in [0.25, 0.3) is 0 Å². The van der Waals surface area contributed by atoms with E-state index in [0.29, 0.717) is 0 Å². The van der Waals surface area contributed by atoms with Gasteiger partial charge in [0.05, 0.1) is 0 Å². The van der Waals surface area contributed by atoms with Crippen LogP contribution in [0.1, 0.15) is 51.3 Å². The van der Waals surface area contributed by atoms with Crippen molar-refractivity contribution in [1.82, 2.24) is 15.3 Å². The lowest BCUT2D eigenvalue weighted by Gasteiger charge is -2.31. The predicted molar refractivity (Wildman–Crippen MR) is 79.4 cm³/mol. The van der Waals surface area contributed by atoms with Crippen LogP contribution in [-0.2, 0) is 6.54 Å². The molecule has 106 valence electrons. The molecule has 0 bridgehead atoms. The van der Waals surface area contributed by atoms with E-state index in [2.05, 4.69) is 42.9 Å². The number of nitrogens with zero attached hydrogens (tertiary/aromatic N) is 3. The minimum absolute atomic E-state index is 0.189. The van der Waals surface area contributed by atoms with Crippen LogP contribution < -0.4 is 10.2 Å². The smallest absolute Gasteiger partial charge is 0.225 e. The van der Waals surface area contributed by atoms with E-state index in [1.165, 1.54) is 18.4 Å². The molecule has 1 fully saturated rings. The quantitative estimate of drug-likeness (QED) is 0.828. The molecule has 0 spiro atoms. The Labute approximate surface area is 116 Å². The Kier molecular flexibility index (Phi) is 4.40. The third kappa shape index (κ3) is 3.24. The summed E-state index contributed by atoms with van der Waals surface area (Å²) in [5.41, 5.74) is 2.49. The van der Waals surface area contributed by atoms with E-state index in [0.717, 1.165) is 37.7 Å². The van der Waals surface area contributed by atoms with Crippen molar-refractivity contribution < 1.29 is 0 Å². The van der Waals surface area contributed by atoms with Crippen molar-refractivity contribution in [2.24, 2.45) is 0 Å². The van der Waals surface area contributed by atoms with Gasteiger partial charge in [0.15, 0.2) is 0 Å². The summed E-state index contributed by atoms with van der Waals surface area (Å²) in [4.78, 5) is 11.6. The molecular formula is C15H26N4. The summed E-state index contributed by atoms with van der Waals surface area (Å²) in [5, 5.41) is 3.40. The van der Waals surface area contributed by atoms with Gasteiger partial charge in [0.25, 0.3) is 0 Å². The molecular weight excluding hydrogens is 236 g/mol. The first-order valence-electron chi connectivity index (χ1n) is 7.35. The number of rotatable bonds is 5. The Morgan fingerprint density at radius 2 is 2.21 bits per heavy atom. The maximum absolute atomic E-state index is 4.70. The van der Waals surface area contributed by atoms with E-state index in [-0.39, 0.29) is 5.54 Å². The maximum Gasteiger partial charge on any atom is 0.225 e. The first-order chi connectivity index (χ1) is 9.04. The summed E-state index contributed by atoms with van der Waals surface area (Å²) >= 11 is 0. The molecule has 0 atom stereocenters. The molecule has 1 aliphatic rings.